The zero-order valence-electron chi connectivity index (χ0n) is 5.34. The minimum absolute atomic E-state index is 0.336. The molecule has 0 saturated carbocycles. The summed E-state index contributed by atoms with van der Waals surface area (Å²) >= 11 is 14.9. The molecule has 1 nitrogen and oxygen atoms in total. The highest BCUT2D eigenvalue weighted by molar-refractivity contribution is 7.80. The molecule has 0 unspecified atom stereocenters. The number of halogens is 2. The second-order valence-electron chi connectivity index (χ2n) is 1.91. The van der Waals surface area contributed by atoms with Crippen molar-refractivity contribution < 1.29 is 4.79 Å². The third-order valence-electron chi connectivity index (χ3n) is 1.20. The quantitative estimate of drug-likeness (QED) is 0.553. The van der Waals surface area contributed by atoms with E-state index in [1.54, 1.807) is 18.2 Å². The van der Waals surface area contributed by atoms with Crippen molar-refractivity contribution in [2.75, 3.05) is 0 Å². The largest absolute Gasteiger partial charge is 0.276 e. The maximum absolute atomic E-state index is 10.7. The molecule has 0 aliphatic carbocycles. The normalized spacial score (nSPS) is 9.73. The Labute approximate surface area is 79.7 Å². The minimum Gasteiger partial charge on any atom is -0.276 e. The molecule has 4 heteroatoms. The zero-order chi connectivity index (χ0) is 8.43. The van der Waals surface area contributed by atoms with Crippen molar-refractivity contribution in [3.63, 3.8) is 0 Å². The highest BCUT2D eigenvalue weighted by atomic mass is 35.5. The van der Waals surface area contributed by atoms with Crippen molar-refractivity contribution in [3.05, 3.63) is 28.8 Å². The van der Waals surface area contributed by atoms with E-state index >= 15 is 0 Å². The molecule has 0 spiro atoms. The van der Waals surface area contributed by atoms with E-state index in [0.717, 1.165) is 0 Å². The lowest BCUT2D eigenvalue weighted by molar-refractivity contribution is 0.107. The van der Waals surface area contributed by atoms with Crippen molar-refractivity contribution in [2.24, 2.45) is 0 Å². The monoisotopic (exact) mass is 206 g/mol. The van der Waals surface area contributed by atoms with Crippen molar-refractivity contribution in [1.29, 1.82) is 0 Å². The average molecular weight is 207 g/mol. The van der Waals surface area contributed by atoms with Crippen LogP contribution in [0.1, 0.15) is 10.4 Å². The van der Waals surface area contributed by atoms with Crippen LogP contribution in [0.5, 0.6) is 0 Å². The molecular formula is C7H4Cl2OS. The first-order valence-corrected chi connectivity index (χ1v) is 4.00. The summed E-state index contributed by atoms with van der Waals surface area (Å²) in [6.07, 6.45) is 0. The Hall–Kier alpha value is -0.180. The Kier molecular flexibility index (Phi) is 2.82. The Bertz CT molecular complexity index is 298. The predicted molar refractivity (Wildman–Crippen MR) is 48.9 cm³/mol. The van der Waals surface area contributed by atoms with Gasteiger partial charge in [0.25, 0.3) is 5.24 Å². The molecule has 0 N–H and O–H groups in total. The summed E-state index contributed by atoms with van der Waals surface area (Å²) in [6.45, 7) is 0. The molecule has 1 aromatic carbocycles. The SMILES string of the molecule is O=C(Cl)c1cccc(Cl)c1S. The summed E-state index contributed by atoms with van der Waals surface area (Å²) in [7, 11) is 0. The Morgan fingerprint density at radius 1 is 1.45 bits per heavy atom. The van der Waals surface area contributed by atoms with Gasteiger partial charge in [-0.05, 0) is 23.7 Å². The van der Waals surface area contributed by atoms with Gasteiger partial charge >= 0.3 is 0 Å². The van der Waals surface area contributed by atoms with E-state index in [-0.39, 0.29) is 0 Å². The van der Waals surface area contributed by atoms with Crippen molar-refractivity contribution in [1.82, 2.24) is 0 Å². The third kappa shape index (κ3) is 1.89. The lowest BCUT2D eigenvalue weighted by Crippen LogP contribution is -1.90. The Morgan fingerprint density at radius 2 is 2.09 bits per heavy atom. The number of rotatable bonds is 1. The van der Waals surface area contributed by atoms with Gasteiger partial charge in [-0.3, -0.25) is 4.79 Å². The first kappa shape index (κ1) is 8.91. The molecule has 0 heterocycles. The van der Waals surface area contributed by atoms with E-state index in [1.165, 1.54) is 0 Å². The van der Waals surface area contributed by atoms with Gasteiger partial charge in [0.2, 0.25) is 0 Å². The smallest absolute Gasteiger partial charge is 0.253 e. The summed E-state index contributed by atoms with van der Waals surface area (Å²) in [5, 5.41) is -0.114. The second kappa shape index (κ2) is 3.48. The standard InChI is InChI=1S/C7H4Cl2OS/c8-5-3-1-2-4(6(5)11)7(9)10/h1-3,11H. The maximum Gasteiger partial charge on any atom is 0.253 e. The van der Waals surface area contributed by atoms with E-state index in [0.29, 0.717) is 15.5 Å². The predicted octanol–water partition coefficient (Wildman–Crippen LogP) is 3.01. The fourth-order valence-corrected chi connectivity index (χ4v) is 1.32. The van der Waals surface area contributed by atoms with Crippen molar-refractivity contribution in [2.45, 2.75) is 4.90 Å². The molecule has 11 heavy (non-hydrogen) atoms. The molecule has 0 aromatic heterocycles. The van der Waals surface area contributed by atoms with Crippen LogP contribution in [0.3, 0.4) is 0 Å². The van der Waals surface area contributed by atoms with Crippen LogP contribution in [0.2, 0.25) is 5.02 Å². The van der Waals surface area contributed by atoms with E-state index in [2.05, 4.69) is 12.6 Å². The van der Waals surface area contributed by atoms with Crippen LogP contribution >= 0.6 is 35.8 Å². The van der Waals surface area contributed by atoms with Gasteiger partial charge in [0.05, 0.1) is 5.02 Å². The molecule has 0 atom stereocenters. The summed E-state index contributed by atoms with van der Waals surface area (Å²) in [5.41, 5.74) is 0.336. The van der Waals surface area contributed by atoms with Crippen LogP contribution in [-0.2, 0) is 0 Å². The van der Waals surface area contributed by atoms with Crippen LogP contribution in [0.4, 0.5) is 0 Å². The van der Waals surface area contributed by atoms with Crippen LogP contribution in [0.15, 0.2) is 23.1 Å². The molecule has 0 saturated heterocycles. The van der Waals surface area contributed by atoms with Gasteiger partial charge in [-0.15, -0.1) is 12.6 Å². The fourth-order valence-electron chi connectivity index (χ4n) is 0.674. The molecule has 0 radical (unpaired) electrons. The molecule has 1 aromatic rings. The van der Waals surface area contributed by atoms with Gasteiger partial charge in [-0.1, -0.05) is 17.7 Å². The van der Waals surface area contributed by atoms with Gasteiger partial charge < -0.3 is 0 Å². The second-order valence-corrected chi connectivity index (χ2v) is 3.11. The molecule has 58 valence electrons. The molecule has 1 rings (SSSR count). The average Bonchev–Trinajstić information content (AvgIpc) is 1.94. The fraction of sp³-hybridized carbons (Fsp3) is 0. The number of hydrogen-bond donors (Lipinski definition) is 1. The number of carbonyl (C=O) groups is 1. The molecular weight excluding hydrogens is 203 g/mol. The molecule has 0 aliphatic heterocycles. The van der Waals surface area contributed by atoms with E-state index in [9.17, 15) is 4.79 Å². The van der Waals surface area contributed by atoms with Crippen molar-refractivity contribution >= 4 is 41.1 Å². The van der Waals surface area contributed by atoms with E-state index in [1.807, 2.05) is 0 Å². The molecule has 0 fully saturated rings. The Balaban J connectivity index is 3.27. The number of hydrogen-bond acceptors (Lipinski definition) is 2. The van der Waals surface area contributed by atoms with E-state index in [4.69, 9.17) is 23.2 Å². The topological polar surface area (TPSA) is 17.1 Å². The van der Waals surface area contributed by atoms with Gasteiger partial charge in [-0.2, -0.15) is 0 Å². The number of carbonyl (C=O) groups excluding carboxylic acids is 1. The maximum atomic E-state index is 10.7. The van der Waals surface area contributed by atoms with Crippen LogP contribution in [0.25, 0.3) is 0 Å². The Morgan fingerprint density at radius 3 is 2.55 bits per heavy atom. The van der Waals surface area contributed by atoms with Crippen LogP contribution in [-0.4, -0.2) is 5.24 Å². The number of benzene rings is 1. The van der Waals surface area contributed by atoms with Crippen LogP contribution < -0.4 is 0 Å². The lowest BCUT2D eigenvalue weighted by Gasteiger charge is -1.99. The lowest BCUT2D eigenvalue weighted by atomic mass is 10.2. The highest BCUT2D eigenvalue weighted by Gasteiger charge is 2.07. The summed E-state index contributed by atoms with van der Waals surface area (Å²) < 4.78 is 0. The molecule has 0 bridgehead atoms. The summed E-state index contributed by atoms with van der Waals surface area (Å²) in [5.74, 6) is 0. The first-order chi connectivity index (χ1) is 5.13. The van der Waals surface area contributed by atoms with Gasteiger partial charge in [0.1, 0.15) is 0 Å². The molecule has 0 amide bonds. The minimum atomic E-state index is -0.544. The summed E-state index contributed by atoms with van der Waals surface area (Å²) in [6, 6.07) is 4.87. The first-order valence-electron chi connectivity index (χ1n) is 2.80. The zero-order valence-corrected chi connectivity index (χ0v) is 7.75. The van der Waals surface area contributed by atoms with Gasteiger partial charge in [0, 0.05) is 10.5 Å². The summed E-state index contributed by atoms with van der Waals surface area (Å²) in [4.78, 5) is 11.1. The van der Waals surface area contributed by atoms with Gasteiger partial charge in [0.15, 0.2) is 0 Å². The number of thiol groups is 1. The van der Waals surface area contributed by atoms with Gasteiger partial charge in [-0.25, -0.2) is 0 Å². The highest BCUT2D eigenvalue weighted by Crippen LogP contribution is 2.24. The third-order valence-corrected chi connectivity index (χ3v) is 2.33. The van der Waals surface area contributed by atoms with Crippen molar-refractivity contribution in [3.8, 4) is 0 Å². The van der Waals surface area contributed by atoms with Crippen LogP contribution in [0, 0.1) is 0 Å². The molecule has 0 aliphatic rings. The van der Waals surface area contributed by atoms with E-state index < -0.39 is 5.24 Å².